The Morgan fingerprint density at radius 1 is 0.214 bits per heavy atom. The summed E-state index contributed by atoms with van der Waals surface area (Å²) in [7, 11) is 0. The molecule has 7 aromatic rings. The first-order chi connectivity index (χ1) is 20.8. The average Bonchev–Trinajstić information content (AvgIpc) is 3.09. The Balaban J connectivity index is 1.31. The maximum Gasteiger partial charge on any atom is 0.164 e. The van der Waals surface area contributed by atoms with Crippen LogP contribution in [-0.4, -0.2) is 15.0 Å². The summed E-state index contributed by atoms with van der Waals surface area (Å²) in [6.07, 6.45) is 0. The molecule has 1 aromatic heterocycles. The Morgan fingerprint density at radius 2 is 0.452 bits per heavy atom. The molecule has 3 heteroatoms. The Kier molecular flexibility index (Phi) is 6.89. The van der Waals surface area contributed by atoms with Gasteiger partial charge in [0.1, 0.15) is 0 Å². The molecule has 42 heavy (non-hydrogen) atoms. The number of aromatic nitrogens is 3. The third kappa shape index (κ3) is 5.36. The fraction of sp³-hybridized carbons (Fsp3) is 0. The second-order valence-corrected chi connectivity index (χ2v) is 10.1. The van der Waals surface area contributed by atoms with Crippen LogP contribution in [0.1, 0.15) is 0 Å². The molecule has 0 amide bonds. The van der Waals surface area contributed by atoms with Crippen molar-refractivity contribution in [3.63, 3.8) is 0 Å². The van der Waals surface area contributed by atoms with E-state index in [0.29, 0.717) is 17.5 Å². The summed E-state index contributed by atoms with van der Waals surface area (Å²) in [4.78, 5) is 14.6. The highest BCUT2D eigenvalue weighted by Crippen LogP contribution is 2.34. The molecule has 0 saturated carbocycles. The van der Waals surface area contributed by atoms with Gasteiger partial charge < -0.3 is 0 Å². The van der Waals surface area contributed by atoms with E-state index in [0.717, 1.165) is 27.8 Å². The van der Waals surface area contributed by atoms with Gasteiger partial charge in [-0.3, -0.25) is 0 Å². The minimum absolute atomic E-state index is 0.650. The monoisotopic (exact) mass is 537 g/mol. The molecule has 0 saturated heterocycles. The van der Waals surface area contributed by atoms with Crippen LogP contribution in [0.4, 0.5) is 0 Å². The zero-order valence-electron chi connectivity index (χ0n) is 22.9. The maximum atomic E-state index is 4.89. The van der Waals surface area contributed by atoms with Gasteiger partial charge in [-0.2, -0.15) is 0 Å². The predicted octanol–water partition coefficient (Wildman–Crippen LogP) is 9.87. The van der Waals surface area contributed by atoms with Crippen LogP contribution in [-0.2, 0) is 0 Å². The summed E-state index contributed by atoms with van der Waals surface area (Å²) in [6.45, 7) is 0. The minimum atomic E-state index is 0.650. The molecule has 0 radical (unpaired) electrons. The summed E-state index contributed by atoms with van der Waals surface area (Å²) in [5.74, 6) is 1.97. The lowest BCUT2D eigenvalue weighted by Gasteiger charge is -2.12. The van der Waals surface area contributed by atoms with Crippen molar-refractivity contribution in [2.75, 3.05) is 0 Å². The van der Waals surface area contributed by atoms with Gasteiger partial charge >= 0.3 is 0 Å². The zero-order valence-corrected chi connectivity index (χ0v) is 22.9. The lowest BCUT2D eigenvalue weighted by atomic mass is 9.93. The van der Waals surface area contributed by atoms with Crippen molar-refractivity contribution in [1.29, 1.82) is 0 Å². The van der Waals surface area contributed by atoms with Crippen LogP contribution in [0.25, 0.3) is 67.5 Å². The van der Waals surface area contributed by atoms with E-state index in [4.69, 9.17) is 15.0 Å². The Morgan fingerprint density at radius 3 is 0.786 bits per heavy atom. The Bertz CT molecular complexity index is 1670. The highest BCUT2D eigenvalue weighted by Gasteiger charge is 2.13. The van der Waals surface area contributed by atoms with E-state index in [1.165, 1.54) is 22.3 Å². The number of nitrogens with zero attached hydrogens (tertiary/aromatic N) is 3. The van der Waals surface area contributed by atoms with E-state index in [1.54, 1.807) is 0 Å². The Hall–Kier alpha value is -5.67. The SMILES string of the molecule is c1ccc(-c2cc(-c3ccccc3)cc(-c3ccc(-c4nc(-c5ccccc5)nc(-c5ccccc5)n4)cc3)c2)cc1. The summed E-state index contributed by atoms with van der Waals surface area (Å²) in [5, 5.41) is 0. The molecule has 0 spiro atoms. The van der Waals surface area contributed by atoms with Crippen LogP contribution in [0.5, 0.6) is 0 Å². The first kappa shape index (κ1) is 25.3. The largest absolute Gasteiger partial charge is 0.208 e. The second-order valence-electron chi connectivity index (χ2n) is 10.1. The van der Waals surface area contributed by atoms with Gasteiger partial charge in [-0.05, 0) is 51.6 Å². The number of hydrogen-bond acceptors (Lipinski definition) is 3. The maximum absolute atomic E-state index is 4.89. The number of hydrogen-bond donors (Lipinski definition) is 0. The topological polar surface area (TPSA) is 38.7 Å². The molecule has 0 aliphatic rings. The van der Waals surface area contributed by atoms with E-state index in [1.807, 2.05) is 60.7 Å². The highest BCUT2D eigenvalue weighted by molar-refractivity contribution is 5.82. The predicted molar refractivity (Wildman–Crippen MR) is 172 cm³/mol. The van der Waals surface area contributed by atoms with Gasteiger partial charge in [0.15, 0.2) is 17.5 Å². The summed E-state index contributed by atoms with van der Waals surface area (Å²) < 4.78 is 0. The van der Waals surface area contributed by atoms with E-state index in [-0.39, 0.29) is 0 Å². The smallest absolute Gasteiger partial charge is 0.164 e. The quantitative estimate of drug-likeness (QED) is 0.212. The second kappa shape index (κ2) is 11.4. The van der Waals surface area contributed by atoms with Crippen molar-refractivity contribution in [3.8, 4) is 67.5 Å². The molecule has 0 atom stereocenters. The summed E-state index contributed by atoms with van der Waals surface area (Å²) in [6, 6.07) is 56.5. The van der Waals surface area contributed by atoms with Crippen LogP contribution in [0.2, 0.25) is 0 Å². The van der Waals surface area contributed by atoms with Gasteiger partial charge in [-0.25, -0.2) is 15.0 Å². The highest BCUT2D eigenvalue weighted by atomic mass is 15.0. The zero-order chi connectivity index (χ0) is 28.1. The standard InChI is InChI=1S/C39H27N3/c1-5-13-28(14-6-1)34-25-35(29-15-7-2-8-16-29)27-36(26-34)30-21-23-33(24-22-30)39-41-37(31-17-9-3-10-18-31)40-38(42-39)32-19-11-4-12-20-32/h1-27H. The molecule has 0 bridgehead atoms. The Labute approximate surface area is 245 Å². The van der Waals surface area contributed by atoms with Gasteiger partial charge in [0.2, 0.25) is 0 Å². The summed E-state index contributed by atoms with van der Waals surface area (Å²) >= 11 is 0. The molecule has 1 heterocycles. The van der Waals surface area contributed by atoms with Gasteiger partial charge in [0, 0.05) is 16.7 Å². The number of benzene rings is 6. The summed E-state index contributed by atoms with van der Waals surface area (Å²) in [5.41, 5.74) is 9.92. The lowest BCUT2D eigenvalue weighted by molar-refractivity contribution is 1.07. The van der Waals surface area contributed by atoms with Crippen LogP contribution in [0.15, 0.2) is 164 Å². The molecule has 198 valence electrons. The van der Waals surface area contributed by atoms with E-state index < -0.39 is 0 Å². The fourth-order valence-corrected chi connectivity index (χ4v) is 5.14. The van der Waals surface area contributed by atoms with Gasteiger partial charge in [0.25, 0.3) is 0 Å². The van der Waals surface area contributed by atoms with Gasteiger partial charge in [-0.1, -0.05) is 146 Å². The van der Waals surface area contributed by atoms with Crippen molar-refractivity contribution < 1.29 is 0 Å². The molecule has 0 unspecified atom stereocenters. The van der Waals surface area contributed by atoms with Crippen molar-refractivity contribution in [2.45, 2.75) is 0 Å². The van der Waals surface area contributed by atoms with E-state index in [2.05, 4.69) is 103 Å². The van der Waals surface area contributed by atoms with E-state index >= 15 is 0 Å². The average molecular weight is 538 g/mol. The van der Waals surface area contributed by atoms with Gasteiger partial charge in [-0.15, -0.1) is 0 Å². The molecule has 0 aliphatic carbocycles. The van der Waals surface area contributed by atoms with Crippen molar-refractivity contribution in [2.24, 2.45) is 0 Å². The molecule has 0 N–H and O–H groups in total. The number of rotatable bonds is 6. The normalized spacial score (nSPS) is 10.9. The fourth-order valence-electron chi connectivity index (χ4n) is 5.14. The van der Waals surface area contributed by atoms with E-state index in [9.17, 15) is 0 Å². The van der Waals surface area contributed by atoms with Crippen LogP contribution in [0, 0.1) is 0 Å². The molecule has 0 aliphatic heterocycles. The lowest BCUT2D eigenvalue weighted by Crippen LogP contribution is -2.00. The van der Waals surface area contributed by atoms with Crippen LogP contribution >= 0.6 is 0 Å². The molecular weight excluding hydrogens is 510 g/mol. The third-order valence-corrected chi connectivity index (χ3v) is 7.32. The first-order valence-corrected chi connectivity index (χ1v) is 14.0. The van der Waals surface area contributed by atoms with Crippen LogP contribution < -0.4 is 0 Å². The molecule has 6 aromatic carbocycles. The molecule has 0 fully saturated rings. The van der Waals surface area contributed by atoms with Crippen molar-refractivity contribution >= 4 is 0 Å². The minimum Gasteiger partial charge on any atom is -0.208 e. The van der Waals surface area contributed by atoms with Crippen molar-refractivity contribution in [3.05, 3.63) is 164 Å². The first-order valence-electron chi connectivity index (χ1n) is 14.0. The van der Waals surface area contributed by atoms with Gasteiger partial charge in [0.05, 0.1) is 0 Å². The third-order valence-electron chi connectivity index (χ3n) is 7.32. The molecule has 7 rings (SSSR count). The van der Waals surface area contributed by atoms with Crippen LogP contribution in [0.3, 0.4) is 0 Å². The molecular formula is C39H27N3. The van der Waals surface area contributed by atoms with Crippen molar-refractivity contribution in [1.82, 2.24) is 15.0 Å². The molecule has 3 nitrogen and oxygen atoms in total.